The Morgan fingerprint density at radius 3 is 2.76 bits per heavy atom. The second-order valence-corrected chi connectivity index (χ2v) is 5.40. The monoisotopic (exact) mass is 301 g/mol. The van der Waals surface area contributed by atoms with Gasteiger partial charge in [0, 0.05) is 6.20 Å². The van der Waals surface area contributed by atoms with Crippen LogP contribution >= 0.6 is 11.6 Å². The van der Waals surface area contributed by atoms with Crippen molar-refractivity contribution in [3.63, 3.8) is 0 Å². The zero-order valence-electron chi connectivity index (χ0n) is 11.7. The Labute approximate surface area is 128 Å². The molecule has 1 atom stereocenters. The van der Waals surface area contributed by atoms with E-state index < -0.39 is 0 Å². The Morgan fingerprint density at radius 1 is 1.19 bits per heavy atom. The average molecular weight is 302 g/mol. The molecule has 0 radical (unpaired) electrons. The Bertz CT molecular complexity index is 725. The van der Waals surface area contributed by atoms with Gasteiger partial charge >= 0.3 is 0 Å². The molecule has 0 saturated carbocycles. The molecule has 3 aromatic rings. The van der Waals surface area contributed by atoms with E-state index in [0.717, 1.165) is 22.7 Å². The summed E-state index contributed by atoms with van der Waals surface area (Å²) in [4.78, 5) is 8.95. The minimum atomic E-state index is -0.170. The molecule has 5 heteroatoms. The van der Waals surface area contributed by atoms with E-state index in [1.54, 1.807) is 6.20 Å². The van der Waals surface area contributed by atoms with Crippen molar-refractivity contribution in [2.45, 2.75) is 18.8 Å². The fraction of sp³-hybridized carbons (Fsp3) is 0.250. The number of hydrogen-bond donors (Lipinski definition) is 0. The summed E-state index contributed by atoms with van der Waals surface area (Å²) in [5.74, 6) is 1.68. The van der Waals surface area contributed by atoms with Gasteiger partial charge < -0.3 is 9.30 Å². The highest BCUT2D eigenvalue weighted by Crippen LogP contribution is 2.23. The van der Waals surface area contributed by atoms with Crippen molar-refractivity contribution in [3.05, 3.63) is 54.5 Å². The normalized spacial score (nSPS) is 12.5. The summed E-state index contributed by atoms with van der Waals surface area (Å²) in [5.41, 5.74) is 1.70. The molecule has 1 unspecified atom stereocenters. The lowest BCUT2D eigenvalue weighted by molar-refractivity contribution is 0.298. The van der Waals surface area contributed by atoms with Crippen molar-refractivity contribution >= 4 is 22.8 Å². The van der Waals surface area contributed by atoms with Gasteiger partial charge in [0.1, 0.15) is 23.7 Å². The Balaban J connectivity index is 1.81. The molecular formula is C16H16ClN3O. The predicted molar refractivity (Wildman–Crippen MR) is 83.7 cm³/mol. The highest BCUT2D eigenvalue weighted by atomic mass is 35.5. The molecule has 0 saturated heterocycles. The van der Waals surface area contributed by atoms with Crippen molar-refractivity contribution in [3.8, 4) is 5.75 Å². The van der Waals surface area contributed by atoms with Gasteiger partial charge in [-0.3, -0.25) is 0 Å². The van der Waals surface area contributed by atoms with Gasteiger partial charge in [-0.2, -0.15) is 0 Å². The van der Waals surface area contributed by atoms with Crippen LogP contribution in [0.1, 0.15) is 18.1 Å². The minimum absolute atomic E-state index is 0.170. The number of alkyl halides is 1. The minimum Gasteiger partial charge on any atom is -0.492 e. The molecule has 0 aliphatic rings. The molecular weight excluding hydrogens is 286 g/mol. The van der Waals surface area contributed by atoms with Crippen molar-refractivity contribution in [1.29, 1.82) is 0 Å². The fourth-order valence-electron chi connectivity index (χ4n) is 2.27. The van der Waals surface area contributed by atoms with Crippen LogP contribution in [0, 0.1) is 0 Å². The van der Waals surface area contributed by atoms with Crippen LogP contribution < -0.4 is 4.74 Å². The molecule has 3 rings (SSSR count). The smallest absolute Gasteiger partial charge is 0.160 e. The maximum atomic E-state index is 6.22. The molecule has 0 amide bonds. The first-order valence-corrected chi connectivity index (χ1v) is 7.32. The van der Waals surface area contributed by atoms with E-state index in [2.05, 4.69) is 9.97 Å². The van der Waals surface area contributed by atoms with Crippen LogP contribution in [0.3, 0.4) is 0 Å². The molecule has 21 heavy (non-hydrogen) atoms. The number of imidazole rings is 1. The largest absolute Gasteiger partial charge is 0.492 e. The van der Waals surface area contributed by atoms with Gasteiger partial charge in [0.05, 0.1) is 11.9 Å². The van der Waals surface area contributed by atoms with Gasteiger partial charge in [0.25, 0.3) is 0 Å². The number of rotatable bonds is 5. The number of para-hydroxylation sites is 1. The van der Waals surface area contributed by atoms with Gasteiger partial charge in [0.2, 0.25) is 0 Å². The maximum Gasteiger partial charge on any atom is 0.160 e. The van der Waals surface area contributed by atoms with E-state index in [1.807, 2.05) is 54.0 Å². The van der Waals surface area contributed by atoms with Crippen molar-refractivity contribution in [2.24, 2.45) is 0 Å². The Kier molecular flexibility index (Phi) is 4.06. The molecule has 0 aliphatic heterocycles. The Morgan fingerprint density at radius 2 is 2.00 bits per heavy atom. The third kappa shape index (κ3) is 3.00. The molecule has 0 fully saturated rings. The van der Waals surface area contributed by atoms with Gasteiger partial charge in [-0.15, -0.1) is 11.6 Å². The van der Waals surface area contributed by atoms with Crippen LogP contribution in [0.2, 0.25) is 0 Å². The van der Waals surface area contributed by atoms with Gasteiger partial charge in [0.15, 0.2) is 5.65 Å². The zero-order chi connectivity index (χ0) is 14.7. The number of ether oxygens (including phenoxy) is 1. The lowest BCUT2D eigenvalue weighted by Gasteiger charge is -2.11. The van der Waals surface area contributed by atoms with Crippen LogP contribution in [0.4, 0.5) is 0 Å². The van der Waals surface area contributed by atoms with E-state index in [9.17, 15) is 0 Å². The lowest BCUT2D eigenvalue weighted by Crippen LogP contribution is -2.12. The van der Waals surface area contributed by atoms with E-state index in [4.69, 9.17) is 16.3 Å². The molecule has 108 valence electrons. The Hall–Kier alpha value is -2.07. The lowest BCUT2D eigenvalue weighted by atomic mass is 10.3. The second kappa shape index (κ2) is 6.14. The van der Waals surface area contributed by atoms with Crippen LogP contribution in [0.15, 0.2) is 48.7 Å². The summed E-state index contributed by atoms with van der Waals surface area (Å²) in [6, 6.07) is 13.6. The van der Waals surface area contributed by atoms with Crippen LogP contribution in [0.5, 0.6) is 5.75 Å². The molecule has 1 aromatic carbocycles. The topological polar surface area (TPSA) is 39.9 Å². The summed E-state index contributed by atoms with van der Waals surface area (Å²) < 4.78 is 7.77. The maximum absolute atomic E-state index is 6.22. The van der Waals surface area contributed by atoms with Crippen molar-refractivity contribution in [2.75, 3.05) is 6.61 Å². The first-order chi connectivity index (χ1) is 10.3. The number of hydrogen-bond acceptors (Lipinski definition) is 3. The summed E-state index contributed by atoms with van der Waals surface area (Å²) in [7, 11) is 0. The third-order valence-electron chi connectivity index (χ3n) is 3.22. The number of fused-ring (bicyclic) bond motifs is 1. The SMILES string of the molecule is CC(Cl)c1nc2cccnc2n1CCOc1ccccc1. The first-order valence-electron chi connectivity index (χ1n) is 6.89. The number of nitrogens with zero attached hydrogens (tertiary/aromatic N) is 3. The van der Waals surface area contributed by atoms with Gasteiger partial charge in [-0.25, -0.2) is 9.97 Å². The highest BCUT2D eigenvalue weighted by Gasteiger charge is 2.15. The highest BCUT2D eigenvalue weighted by molar-refractivity contribution is 6.20. The van der Waals surface area contributed by atoms with E-state index >= 15 is 0 Å². The number of pyridine rings is 1. The summed E-state index contributed by atoms with van der Waals surface area (Å²) in [5, 5.41) is -0.170. The molecule has 4 nitrogen and oxygen atoms in total. The van der Waals surface area contributed by atoms with E-state index in [0.29, 0.717) is 13.2 Å². The predicted octanol–water partition coefficient (Wildman–Crippen LogP) is 3.81. The summed E-state index contributed by atoms with van der Waals surface area (Å²) in [6.07, 6.45) is 1.77. The molecule has 2 aromatic heterocycles. The van der Waals surface area contributed by atoms with Crippen LogP contribution in [0.25, 0.3) is 11.2 Å². The molecule has 0 spiro atoms. The molecule has 0 N–H and O–H groups in total. The first kappa shape index (κ1) is 13.9. The summed E-state index contributed by atoms with van der Waals surface area (Å²) >= 11 is 6.22. The number of halogens is 1. The van der Waals surface area contributed by atoms with Crippen LogP contribution in [-0.4, -0.2) is 21.1 Å². The zero-order valence-corrected chi connectivity index (χ0v) is 12.5. The van der Waals surface area contributed by atoms with Crippen LogP contribution in [-0.2, 0) is 6.54 Å². The standard InChI is InChI=1S/C16H16ClN3O/c1-12(17)15-19-14-8-5-9-18-16(14)20(15)10-11-21-13-6-3-2-4-7-13/h2-9,12H,10-11H2,1H3. The average Bonchev–Trinajstić information content (AvgIpc) is 2.88. The van der Waals surface area contributed by atoms with Crippen molar-refractivity contribution < 1.29 is 4.74 Å². The molecule has 0 bridgehead atoms. The summed E-state index contributed by atoms with van der Waals surface area (Å²) in [6.45, 7) is 3.12. The molecule has 2 heterocycles. The van der Waals surface area contributed by atoms with Gasteiger partial charge in [-0.1, -0.05) is 18.2 Å². The third-order valence-corrected chi connectivity index (χ3v) is 3.41. The number of benzene rings is 1. The molecule has 0 aliphatic carbocycles. The van der Waals surface area contributed by atoms with E-state index in [1.165, 1.54) is 0 Å². The van der Waals surface area contributed by atoms with E-state index in [-0.39, 0.29) is 5.38 Å². The quantitative estimate of drug-likeness (QED) is 0.673. The second-order valence-electron chi connectivity index (χ2n) is 4.75. The van der Waals surface area contributed by atoms with Crippen molar-refractivity contribution in [1.82, 2.24) is 14.5 Å². The van der Waals surface area contributed by atoms with Gasteiger partial charge in [-0.05, 0) is 31.2 Å². The number of aromatic nitrogens is 3. The fourth-order valence-corrected chi connectivity index (χ4v) is 2.44.